The van der Waals surface area contributed by atoms with E-state index in [-0.39, 0.29) is 11.5 Å². The average molecular weight is 480 g/mol. The summed E-state index contributed by atoms with van der Waals surface area (Å²) in [6, 6.07) is 5.82. The van der Waals surface area contributed by atoms with Gasteiger partial charge in [0.15, 0.2) is 0 Å². The summed E-state index contributed by atoms with van der Waals surface area (Å²) >= 11 is -4.57. The topological polar surface area (TPSA) is 18.5 Å². The molecule has 0 radical (unpaired) electrons. The van der Waals surface area contributed by atoms with Crippen LogP contribution in [0.5, 0.6) is 11.5 Å². The van der Waals surface area contributed by atoms with Crippen LogP contribution in [0.2, 0.25) is 0 Å². The number of hydrogen-bond donors (Lipinski definition) is 0. The van der Waals surface area contributed by atoms with Crippen LogP contribution in [0.15, 0.2) is 79.4 Å². The van der Waals surface area contributed by atoms with E-state index < -0.39 is 44.4 Å². The summed E-state index contributed by atoms with van der Waals surface area (Å²) in [7, 11) is 0. The van der Waals surface area contributed by atoms with Gasteiger partial charge >= 0.3 is 171 Å². The van der Waals surface area contributed by atoms with Crippen molar-refractivity contribution in [1.29, 1.82) is 0 Å². The Bertz CT molecular complexity index is 946. The molecule has 0 spiro atoms. The molecule has 0 heterocycles. The number of allylic oxidation sites excluding steroid dienone is 8. The maximum atomic E-state index is 13.8. The van der Waals surface area contributed by atoms with Gasteiger partial charge in [-0.25, -0.2) is 0 Å². The summed E-state index contributed by atoms with van der Waals surface area (Å²) in [6.45, 7) is 0. The summed E-state index contributed by atoms with van der Waals surface area (Å²) in [5.41, 5.74) is 0. The summed E-state index contributed by atoms with van der Waals surface area (Å²) in [4.78, 5) is 0. The average Bonchev–Trinajstić information content (AvgIpc) is 3.34. The molecule has 7 heteroatoms. The fourth-order valence-electron chi connectivity index (χ4n) is 3.38. The van der Waals surface area contributed by atoms with Gasteiger partial charge in [-0.15, -0.1) is 0 Å². The third kappa shape index (κ3) is 4.30. The Kier molecular flexibility index (Phi) is 5.59. The first-order chi connectivity index (χ1) is 13.9. The molecule has 2 aromatic carbocycles. The van der Waals surface area contributed by atoms with Gasteiger partial charge in [0.1, 0.15) is 0 Å². The Labute approximate surface area is 171 Å². The van der Waals surface area contributed by atoms with Crippen molar-refractivity contribution >= 4 is 0 Å². The molecular formula is C22H16F4O2Zr. The van der Waals surface area contributed by atoms with Gasteiger partial charge in [0.25, 0.3) is 0 Å². The van der Waals surface area contributed by atoms with E-state index in [1.807, 2.05) is 36.5 Å². The van der Waals surface area contributed by atoms with Crippen LogP contribution < -0.4 is 5.63 Å². The first kappa shape index (κ1) is 19.9. The Morgan fingerprint density at radius 3 is 1.28 bits per heavy atom. The van der Waals surface area contributed by atoms with Crippen molar-refractivity contribution in [3.8, 4) is 11.5 Å². The molecule has 0 saturated carbocycles. The molecule has 29 heavy (non-hydrogen) atoms. The first-order valence-electron chi connectivity index (χ1n) is 8.97. The van der Waals surface area contributed by atoms with Crippen LogP contribution in [0.25, 0.3) is 0 Å². The zero-order valence-corrected chi connectivity index (χ0v) is 17.6. The second-order valence-electron chi connectivity index (χ2n) is 6.68. The molecule has 2 aliphatic carbocycles. The van der Waals surface area contributed by atoms with Crippen LogP contribution in [0.4, 0.5) is 17.6 Å². The zero-order chi connectivity index (χ0) is 20.4. The van der Waals surface area contributed by atoms with Gasteiger partial charge in [0.05, 0.1) is 0 Å². The van der Waals surface area contributed by atoms with Crippen LogP contribution in [-0.4, -0.2) is 0 Å². The maximum absolute atomic E-state index is 13.8. The fourth-order valence-corrected chi connectivity index (χ4v) is 11.4. The summed E-state index contributed by atoms with van der Waals surface area (Å²) < 4.78 is 69.4. The molecule has 0 saturated heterocycles. The normalized spacial score (nSPS) is 15.4. The second-order valence-corrected chi connectivity index (χ2v) is 13.9. The molecule has 2 aromatic rings. The van der Waals surface area contributed by atoms with E-state index in [1.165, 1.54) is 0 Å². The molecule has 2 nitrogen and oxygen atoms in total. The summed E-state index contributed by atoms with van der Waals surface area (Å²) in [5, 5.41) is 0. The summed E-state index contributed by atoms with van der Waals surface area (Å²) in [5.74, 6) is -3.17. The summed E-state index contributed by atoms with van der Waals surface area (Å²) in [6.07, 6.45) is 12.3. The molecule has 0 unspecified atom stereocenters. The molecule has 2 aliphatic rings. The molecule has 0 aliphatic heterocycles. The van der Waals surface area contributed by atoms with E-state index in [1.54, 1.807) is 0 Å². The van der Waals surface area contributed by atoms with Crippen LogP contribution in [-0.2, 0) is 21.1 Å². The Balaban J connectivity index is 1.83. The molecule has 0 fully saturated rings. The predicted octanol–water partition coefficient (Wildman–Crippen LogP) is 6.37. The first-order valence-corrected chi connectivity index (χ1v) is 13.4. The Morgan fingerprint density at radius 2 is 0.966 bits per heavy atom. The van der Waals surface area contributed by atoms with Gasteiger partial charge < -0.3 is 0 Å². The van der Waals surface area contributed by atoms with Crippen LogP contribution in [0.3, 0.4) is 0 Å². The Morgan fingerprint density at radius 1 is 0.586 bits per heavy atom. The van der Waals surface area contributed by atoms with Crippen molar-refractivity contribution in [2.75, 3.05) is 0 Å². The van der Waals surface area contributed by atoms with Crippen molar-refractivity contribution < 1.29 is 44.3 Å². The van der Waals surface area contributed by atoms with Crippen molar-refractivity contribution in [3.63, 3.8) is 0 Å². The van der Waals surface area contributed by atoms with E-state index in [2.05, 4.69) is 0 Å². The van der Waals surface area contributed by atoms with Crippen LogP contribution in [0, 0.1) is 23.3 Å². The van der Waals surface area contributed by atoms with Gasteiger partial charge in [-0.2, -0.15) is 0 Å². The third-order valence-corrected chi connectivity index (χ3v) is 13.1. The SMILES string of the molecule is Fc1cc(F)cc([O][Zr]([O]c2cc(F)cc(F)c2)([C]2=CC=CC2)[C]2=CC=CC2)c1. The van der Waals surface area contributed by atoms with Gasteiger partial charge in [0.2, 0.25) is 0 Å². The predicted molar refractivity (Wildman–Crippen MR) is 97.7 cm³/mol. The van der Waals surface area contributed by atoms with Crippen molar-refractivity contribution in [3.05, 3.63) is 103 Å². The van der Waals surface area contributed by atoms with Crippen LogP contribution >= 0.6 is 0 Å². The fraction of sp³-hybridized carbons (Fsp3) is 0.0909. The van der Waals surface area contributed by atoms with Crippen molar-refractivity contribution in [2.45, 2.75) is 12.8 Å². The van der Waals surface area contributed by atoms with E-state index >= 15 is 0 Å². The minimum atomic E-state index is -4.57. The molecule has 148 valence electrons. The number of halogens is 4. The van der Waals surface area contributed by atoms with E-state index in [9.17, 15) is 17.6 Å². The Hall–Kier alpha value is -2.40. The molecule has 0 atom stereocenters. The molecule has 0 bridgehead atoms. The number of rotatable bonds is 6. The number of hydrogen-bond acceptors (Lipinski definition) is 2. The quantitative estimate of drug-likeness (QED) is 0.448. The number of benzene rings is 2. The van der Waals surface area contributed by atoms with Crippen molar-refractivity contribution in [1.82, 2.24) is 0 Å². The minimum absolute atomic E-state index is 0.0178. The van der Waals surface area contributed by atoms with Crippen LogP contribution in [0.1, 0.15) is 12.8 Å². The molecule has 0 amide bonds. The van der Waals surface area contributed by atoms with Gasteiger partial charge in [-0.1, -0.05) is 0 Å². The van der Waals surface area contributed by atoms with Gasteiger partial charge in [-0.3, -0.25) is 0 Å². The molecule has 0 aromatic heterocycles. The van der Waals surface area contributed by atoms with E-state index in [0.717, 1.165) is 43.0 Å². The molecule has 4 rings (SSSR count). The van der Waals surface area contributed by atoms with Gasteiger partial charge in [0, 0.05) is 0 Å². The second kappa shape index (κ2) is 8.15. The van der Waals surface area contributed by atoms with Gasteiger partial charge in [-0.05, 0) is 0 Å². The van der Waals surface area contributed by atoms with E-state index in [0.29, 0.717) is 12.8 Å². The third-order valence-electron chi connectivity index (χ3n) is 4.58. The van der Waals surface area contributed by atoms with E-state index in [4.69, 9.17) is 5.63 Å². The monoisotopic (exact) mass is 478 g/mol. The van der Waals surface area contributed by atoms with Crippen molar-refractivity contribution in [2.24, 2.45) is 0 Å². The zero-order valence-electron chi connectivity index (χ0n) is 15.2. The standard InChI is InChI=1S/2C6H4F2O.2C5H5.Zr/c2*7-4-1-5(8)3-6(9)2-4;2*1-2-4-5-3-1;/h2*1-3,9H;2*1-3H,4H2;/q;;;;+2/p-2. The molecular weight excluding hydrogens is 463 g/mol. The molecule has 0 N–H and O–H groups in total.